The topological polar surface area (TPSA) is 55.1 Å². The van der Waals surface area contributed by atoms with Gasteiger partial charge < -0.3 is 9.32 Å². The molecule has 8 aromatic carbocycles. The Bertz CT molecular complexity index is 3040. The molecule has 5 heteroatoms. The van der Waals surface area contributed by atoms with Gasteiger partial charge in [-0.05, 0) is 63.2 Å². The van der Waals surface area contributed by atoms with Gasteiger partial charge in [-0.1, -0.05) is 146 Å². The van der Waals surface area contributed by atoms with Crippen LogP contribution in [0.3, 0.4) is 0 Å². The fraction of sp³-hybridized carbons (Fsp3) is 0. The van der Waals surface area contributed by atoms with Gasteiger partial charge in [0.1, 0.15) is 5.58 Å². The van der Waals surface area contributed by atoms with Gasteiger partial charge in [-0.2, -0.15) is 0 Å². The van der Waals surface area contributed by atoms with Gasteiger partial charge in [0, 0.05) is 44.7 Å². The fourth-order valence-electron chi connectivity index (χ4n) is 8.03. The molecular formula is C49H30N4O. The number of nitrogens with zero attached hydrogens (tertiary/aromatic N) is 4. The summed E-state index contributed by atoms with van der Waals surface area (Å²) >= 11 is 0. The molecule has 0 saturated heterocycles. The van der Waals surface area contributed by atoms with Crippen LogP contribution in [0.15, 0.2) is 180 Å². The van der Waals surface area contributed by atoms with Gasteiger partial charge in [-0.3, -0.25) is 0 Å². The minimum Gasteiger partial charge on any atom is -0.454 e. The number of anilines is 2. The van der Waals surface area contributed by atoms with Crippen LogP contribution < -0.4 is 4.90 Å². The fourth-order valence-corrected chi connectivity index (χ4v) is 8.03. The maximum Gasteiger partial charge on any atom is 0.164 e. The first-order chi connectivity index (χ1) is 26.8. The van der Waals surface area contributed by atoms with Crippen molar-refractivity contribution in [2.45, 2.75) is 0 Å². The zero-order chi connectivity index (χ0) is 35.6. The Labute approximate surface area is 311 Å². The minimum absolute atomic E-state index is 0.632. The van der Waals surface area contributed by atoms with Gasteiger partial charge in [0.05, 0.1) is 5.69 Å². The van der Waals surface area contributed by atoms with E-state index >= 15 is 0 Å². The predicted molar refractivity (Wildman–Crippen MR) is 221 cm³/mol. The van der Waals surface area contributed by atoms with Gasteiger partial charge in [-0.25, -0.2) is 15.0 Å². The summed E-state index contributed by atoms with van der Waals surface area (Å²) in [5.74, 6) is 1.91. The molecule has 0 saturated carbocycles. The molecule has 0 fully saturated rings. The van der Waals surface area contributed by atoms with E-state index in [9.17, 15) is 0 Å². The molecule has 0 unspecified atom stereocenters. The van der Waals surface area contributed by atoms with Crippen LogP contribution in [0.2, 0.25) is 0 Å². The third-order valence-electron chi connectivity index (χ3n) is 10.5. The van der Waals surface area contributed by atoms with Crippen LogP contribution in [0.4, 0.5) is 11.4 Å². The summed E-state index contributed by atoms with van der Waals surface area (Å²) in [4.78, 5) is 17.3. The van der Waals surface area contributed by atoms with Crippen molar-refractivity contribution in [1.29, 1.82) is 0 Å². The number of aromatic nitrogens is 3. The normalized spacial score (nSPS) is 12.3. The van der Waals surface area contributed by atoms with E-state index in [4.69, 9.17) is 19.4 Å². The van der Waals surface area contributed by atoms with E-state index in [1.165, 1.54) is 16.3 Å². The summed E-state index contributed by atoms with van der Waals surface area (Å²) in [6.45, 7) is 0. The van der Waals surface area contributed by atoms with Crippen molar-refractivity contribution < 1.29 is 4.42 Å². The molecule has 0 spiro atoms. The first-order valence-corrected chi connectivity index (χ1v) is 18.1. The van der Waals surface area contributed by atoms with E-state index in [2.05, 4.69) is 126 Å². The largest absolute Gasteiger partial charge is 0.454 e. The predicted octanol–water partition coefficient (Wildman–Crippen LogP) is 12.9. The standard InChI is InChI=1S/C49H30N4O/c1-4-14-32(15-5-1)47-50-48(33-16-6-2-7-17-33)52-49(51-47)40-26-12-22-36-37(23-11-24-38(36)40)39-25-13-27-42-44(39)41-30-34-19-10-18-31-28-29-53(35-20-8-3-9-21-35)45(43(31)34)46(41)54-42/h1-30H. The first-order valence-electron chi connectivity index (χ1n) is 18.1. The molecule has 252 valence electrons. The van der Waals surface area contributed by atoms with Crippen molar-refractivity contribution >= 4 is 60.9 Å². The van der Waals surface area contributed by atoms with Crippen LogP contribution in [-0.4, -0.2) is 15.0 Å². The number of para-hydroxylation sites is 1. The van der Waals surface area contributed by atoms with Gasteiger partial charge in [-0.15, -0.1) is 0 Å². The first kappa shape index (κ1) is 30.3. The van der Waals surface area contributed by atoms with Crippen molar-refractivity contribution in [2.75, 3.05) is 4.90 Å². The van der Waals surface area contributed by atoms with Gasteiger partial charge in [0.2, 0.25) is 0 Å². The number of rotatable bonds is 5. The molecule has 11 rings (SSSR count). The Balaban J connectivity index is 1.14. The maximum atomic E-state index is 6.90. The van der Waals surface area contributed by atoms with Crippen molar-refractivity contribution in [3.63, 3.8) is 0 Å². The summed E-state index contributed by atoms with van der Waals surface area (Å²) in [6.07, 6.45) is 4.34. The van der Waals surface area contributed by atoms with E-state index in [1.807, 2.05) is 60.7 Å². The van der Waals surface area contributed by atoms with Crippen LogP contribution in [0.25, 0.3) is 94.8 Å². The number of hydrogen-bond donors (Lipinski definition) is 0. The van der Waals surface area contributed by atoms with Gasteiger partial charge in [0.15, 0.2) is 23.1 Å². The third kappa shape index (κ3) is 4.76. The molecule has 5 nitrogen and oxygen atoms in total. The highest BCUT2D eigenvalue weighted by molar-refractivity contribution is 6.24. The monoisotopic (exact) mass is 690 g/mol. The number of hydrogen-bond acceptors (Lipinski definition) is 5. The smallest absolute Gasteiger partial charge is 0.164 e. The van der Waals surface area contributed by atoms with Crippen molar-refractivity contribution in [3.8, 4) is 45.3 Å². The molecule has 0 amide bonds. The summed E-state index contributed by atoms with van der Waals surface area (Å²) < 4.78 is 6.90. The SMILES string of the molecule is C1=CN(c2ccccc2)c2c3oc4cccc(-c5cccc6c(-c7nc(-c8ccccc8)nc(-c8ccccc8)n7)cccc56)c4c3cc3cccc1c23. The lowest BCUT2D eigenvalue weighted by Crippen LogP contribution is -2.12. The summed E-state index contributed by atoms with van der Waals surface area (Å²) in [5.41, 5.74) is 10.1. The van der Waals surface area contributed by atoms with Gasteiger partial charge in [0.25, 0.3) is 0 Å². The molecule has 0 aliphatic carbocycles. The van der Waals surface area contributed by atoms with Gasteiger partial charge >= 0.3 is 0 Å². The third-order valence-corrected chi connectivity index (χ3v) is 10.5. The van der Waals surface area contributed by atoms with E-state index in [0.717, 1.165) is 71.9 Å². The molecule has 1 aliphatic heterocycles. The lowest BCUT2D eigenvalue weighted by Gasteiger charge is -2.26. The Morgan fingerprint density at radius 1 is 0.444 bits per heavy atom. The van der Waals surface area contributed by atoms with Crippen LogP contribution in [0.5, 0.6) is 0 Å². The zero-order valence-electron chi connectivity index (χ0n) is 29.0. The second kappa shape index (κ2) is 12.1. The average Bonchev–Trinajstić information content (AvgIpc) is 3.63. The highest BCUT2D eigenvalue weighted by atomic mass is 16.3. The lowest BCUT2D eigenvalue weighted by atomic mass is 9.91. The Morgan fingerprint density at radius 3 is 1.76 bits per heavy atom. The average molecular weight is 691 g/mol. The van der Waals surface area contributed by atoms with E-state index in [1.54, 1.807) is 0 Å². The van der Waals surface area contributed by atoms with E-state index < -0.39 is 0 Å². The van der Waals surface area contributed by atoms with Crippen molar-refractivity contribution in [1.82, 2.24) is 15.0 Å². The van der Waals surface area contributed by atoms with Crippen LogP contribution >= 0.6 is 0 Å². The number of furan rings is 1. The Kier molecular flexibility index (Phi) is 6.79. The van der Waals surface area contributed by atoms with E-state index in [0.29, 0.717) is 17.5 Å². The minimum atomic E-state index is 0.632. The number of fused-ring (bicyclic) bond motifs is 5. The quantitative estimate of drug-likeness (QED) is 0.180. The van der Waals surface area contributed by atoms with Crippen LogP contribution in [0, 0.1) is 0 Å². The zero-order valence-corrected chi connectivity index (χ0v) is 29.0. The Morgan fingerprint density at radius 2 is 1.04 bits per heavy atom. The maximum absolute atomic E-state index is 6.90. The Hall–Kier alpha value is -7.37. The summed E-state index contributed by atoms with van der Waals surface area (Å²) in [5, 5.41) is 6.72. The summed E-state index contributed by atoms with van der Waals surface area (Å²) in [6, 6.07) is 58.8. The molecule has 1 aliphatic rings. The second-order valence-corrected chi connectivity index (χ2v) is 13.6. The molecule has 54 heavy (non-hydrogen) atoms. The molecule has 0 bridgehead atoms. The van der Waals surface area contributed by atoms with Crippen molar-refractivity contribution in [2.24, 2.45) is 0 Å². The second-order valence-electron chi connectivity index (χ2n) is 13.6. The van der Waals surface area contributed by atoms with E-state index in [-0.39, 0.29) is 0 Å². The van der Waals surface area contributed by atoms with Crippen LogP contribution in [-0.2, 0) is 0 Å². The molecule has 10 aromatic rings. The summed E-state index contributed by atoms with van der Waals surface area (Å²) in [7, 11) is 0. The number of benzene rings is 8. The highest BCUT2D eigenvalue weighted by Crippen LogP contribution is 2.49. The molecular weight excluding hydrogens is 661 g/mol. The molecule has 3 heterocycles. The molecule has 0 atom stereocenters. The van der Waals surface area contributed by atoms with Crippen molar-refractivity contribution in [3.05, 3.63) is 182 Å². The highest BCUT2D eigenvalue weighted by Gasteiger charge is 2.25. The molecule has 0 radical (unpaired) electrons. The lowest BCUT2D eigenvalue weighted by molar-refractivity contribution is 0.669. The molecule has 2 aromatic heterocycles. The molecule has 0 N–H and O–H groups in total. The van der Waals surface area contributed by atoms with Crippen LogP contribution in [0.1, 0.15) is 5.56 Å².